The summed E-state index contributed by atoms with van der Waals surface area (Å²) in [5.41, 5.74) is 0. The van der Waals surface area contributed by atoms with Gasteiger partial charge in [-0.15, -0.1) is 10.2 Å². The molecule has 1 atom stereocenters. The Bertz CT molecular complexity index is 603. The van der Waals surface area contributed by atoms with Crippen molar-refractivity contribution in [1.82, 2.24) is 25.4 Å². The fourth-order valence-corrected chi connectivity index (χ4v) is 3.35. The van der Waals surface area contributed by atoms with E-state index < -0.39 is 6.04 Å². The molecule has 146 valence electrons. The van der Waals surface area contributed by atoms with Crippen LogP contribution in [-0.4, -0.2) is 71.2 Å². The van der Waals surface area contributed by atoms with Crippen LogP contribution < -0.4 is 15.5 Å². The lowest BCUT2D eigenvalue weighted by atomic mass is 10.3. The van der Waals surface area contributed by atoms with Crippen molar-refractivity contribution in [3.05, 3.63) is 0 Å². The number of aromatic nitrogens is 3. The van der Waals surface area contributed by atoms with Crippen LogP contribution in [0.25, 0.3) is 0 Å². The molecule has 2 heterocycles. The van der Waals surface area contributed by atoms with Gasteiger partial charge >= 0.3 is 0 Å². The number of hydrogen-bond donors (Lipinski definition) is 2. The van der Waals surface area contributed by atoms with Crippen LogP contribution in [0.3, 0.4) is 0 Å². The number of rotatable bonds is 9. The van der Waals surface area contributed by atoms with Crippen LogP contribution in [0, 0.1) is 0 Å². The minimum Gasteiger partial charge on any atom is -0.378 e. The Morgan fingerprint density at radius 3 is 2.65 bits per heavy atom. The molecule has 1 aliphatic heterocycles. The number of carbonyl (C=O) groups excluding carboxylic acids is 2. The van der Waals surface area contributed by atoms with Crippen molar-refractivity contribution in [1.29, 1.82) is 0 Å². The highest BCUT2D eigenvalue weighted by atomic mass is 32.2. The smallest absolute Gasteiger partial charge is 0.242 e. The van der Waals surface area contributed by atoms with Gasteiger partial charge in [0.25, 0.3) is 0 Å². The Morgan fingerprint density at radius 2 is 2.00 bits per heavy atom. The van der Waals surface area contributed by atoms with E-state index in [1.54, 1.807) is 6.92 Å². The van der Waals surface area contributed by atoms with Crippen molar-refractivity contribution in [3.63, 3.8) is 0 Å². The first-order valence-corrected chi connectivity index (χ1v) is 10.0. The van der Waals surface area contributed by atoms with Crippen LogP contribution in [0.15, 0.2) is 5.16 Å². The van der Waals surface area contributed by atoms with Gasteiger partial charge in [0.2, 0.25) is 17.8 Å². The number of thioether (sulfide) groups is 1. The highest BCUT2D eigenvalue weighted by molar-refractivity contribution is 7.99. The number of nitrogens with zero attached hydrogens (tertiary/aromatic N) is 4. The average molecular weight is 385 g/mol. The minimum atomic E-state index is -0.553. The van der Waals surface area contributed by atoms with Crippen LogP contribution >= 0.6 is 11.8 Å². The lowest BCUT2D eigenvalue weighted by Crippen LogP contribution is -2.45. The number of carbonyl (C=O) groups is 2. The summed E-state index contributed by atoms with van der Waals surface area (Å²) in [5, 5.41) is 14.7. The zero-order valence-electron chi connectivity index (χ0n) is 15.7. The van der Waals surface area contributed by atoms with Gasteiger partial charge in [-0.1, -0.05) is 18.7 Å². The van der Waals surface area contributed by atoms with Crippen molar-refractivity contribution in [2.75, 3.05) is 43.5 Å². The zero-order valence-corrected chi connectivity index (χ0v) is 16.5. The van der Waals surface area contributed by atoms with Crippen LogP contribution in [-0.2, 0) is 20.9 Å². The van der Waals surface area contributed by atoms with E-state index >= 15 is 0 Å². The molecule has 2 amide bonds. The summed E-state index contributed by atoms with van der Waals surface area (Å²) in [6.07, 6.45) is 0.862. The first-order valence-electron chi connectivity index (χ1n) is 9.02. The van der Waals surface area contributed by atoms with E-state index in [-0.39, 0.29) is 17.6 Å². The highest BCUT2D eigenvalue weighted by Gasteiger charge is 2.21. The zero-order chi connectivity index (χ0) is 18.9. The second-order valence-electron chi connectivity index (χ2n) is 6.00. The van der Waals surface area contributed by atoms with Gasteiger partial charge in [-0.25, -0.2) is 0 Å². The lowest BCUT2D eigenvalue weighted by Gasteiger charge is -2.27. The molecule has 1 aromatic heterocycles. The normalized spacial score (nSPS) is 15.6. The standard InChI is InChI=1S/C16H28N6O3S/c1-4-6-17-14(24)12(3)18-13(23)11-26-16-20-19-15(22(16)5-2)21-7-9-25-10-8-21/h12H,4-11H2,1-3H3,(H,17,24)(H,18,23)/t12-/m0/s1. The molecule has 1 saturated heterocycles. The molecule has 0 radical (unpaired) electrons. The average Bonchev–Trinajstić information content (AvgIpc) is 3.07. The van der Waals surface area contributed by atoms with E-state index in [9.17, 15) is 9.59 Å². The summed E-state index contributed by atoms with van der Waals surface area (Å²) in [7, 11) is 0. The SMILES string of the molecule is CCCNC(=O)[C@H](C)NC(=O)CSc1nnc(N2CCOCC2)n1CC. The summed E-state index contributed by atoms with van der Waals surface area (Å²) in [6, 6.07) is -0.553. The number of nitrogens with one attached hydrogen (secondary N) is 2. The Kier molecular flexibility index (Phi) is 8.17. The summed E-state index contributed by atoms with van der Waals surface area (Å²) < 4.78 is 7.37. The Labute approximate surface area is 158 Å². The van der Waals surface area contributed by atoms with E-state index in [0.717, 1.165) is 32.0 Å². The lowest BCUT2D eigenvalue weighted by molar-refractivity contribution is -0.127. The maximum Gasteiger partial charge on any atom is 0.242 e. The predicted octanol–water partition coefficient (Wildman–Crippen LogP) is 0.258. The van der Waals surface area contributed by atoms with Gasteiger partial charge in [-0.05, 0) is 20.3 Å². The maximum absolute atomic E-state index is 12.1. The molecular formula is C16H28N6O3S. The molecule has 9 nitrogen and oxygen atoms in total. The summed E-state index contributed by atoms with van der Waals surface area (Å²) >= 11 is 1.32. The molecule has 26 heavy (non-hydrogen) atoms. The molecule has 0 saturated carbocycles. The van der Waals surface area contributed by atoms with E-state index in [4.69, 9.17) is 4.74 Å². The van der Waals surface area contributed by atoms with Gasteiger partial charge in [0, 0.05) is 26.2 Å². The number of hydrogen-bond acceptors (Lipinski definition) is 7. The third-order valence-corrected chi connectivity index (χ3v) is 4.93. The highest BCUT2D eigenvalue weighted by Crippen LogP contribution is 2.22. The van der Waals surface area contributed by atoms with Crippen LogP contribution in [0.5, 0.6) is 0 Å². The first-order chi connectivity index (χ1) is 12.6. The predicted molar refractivity (Wildman–Crippen MR) is 100 cm³/mol. The number of amides is 2. The molecule has 2 rings (SSSR count). The fraction of sp³-hybridized carbons (Fsp3) is 0.750. The molecule has 1 fully saturated rings. The summed E-state index contributed by atoms with van der Waals surface area (Å²) in [6.45, 7) is 9.95. The summed E-state index contributed by atoms with van der Waals surface area (Å²) in [4.78, 5) is 26.1. The van der Waals surface area contributed by atoms with Crippen molar-refractivity contribution in [3.8, 4) is 0 Å². The molecule has 10 heteroatoms. The van der Waals surface area contributed by atoms with Crippen molar-refractivity contribution >= 4 is 29.5 Å². The molecule has 0 bridgehead atoms. The molecule has 0 spiro atoms. The minimum absolute atomic E-state index is 0.170. The molecule has 0 aliphatic carbocycles. The van der Waals surface area contributed by atoms with Gasteiger partial charge in [0.05, 0.1) is 19.0 Å². The molecule has 1 aromatic rings. The maximum atomic E-state index is 12.1. The monoisotopic (exact) mass is 384 g/mol. The second-order valence-corrected chi connectivity index (χ2v) is 6.94. The van der Waals surface area contributed by atoms with Gasteiger partial charge < -0.3 is 20.3 Å². The summed E-state index contributed by atoms with van der Waals surface area (Å²) in [5.74, 6) is 0.627. The topological polar surface area (TPSA) is 101 Å². The molecular weight excluding hydrogens is 356 g/mol. The first kappa shape index (κ1) is 20.5. The fourth-order valence-electron chi connectivity index (χ4n) is 2.54. The third kappa shape index (κ3) is 5.60. The molecule has 2 N–H and O–H groups in total. The van der Waals surface area contributed by atoms with Gasteiger partial charge in [0.1, 0.15) is 6.04 Å². The van der Waals surface area contributed by atoms with Gasteiger partial charge in [-0.3, -0.25) is 14.2 Å². The van der Waals surface area contributed by atoms with E-state index in [0.29, 0.717) is 24.9 Å². The van der Waals surface area contributed by atoms with Crippen molar-refractivity contribution < 1.29 is 14.3 Å². The van der Waals surface area contributed by atoms with Crippen LogP contribution in [0.1, 0.15) is 27.2 Å². The van der Waals surface area contributed by atoms with Crippen LogP contribution in [0.4, 0.5) is 5.95 Å². The van der Waals surface area contributed by atoms with Crippen molar-refractivity contribution in [2.45, 2.75) is 44.9 Å². The third-order valence-electron chi connectivity index (χ3n) is 3.96. The van der Waals surface area contributed by atoms with Crippen LogP contribution in [0.2, 0.25) is 0 Å². The largest absolute Gasteiger partial charge is 0.378 e. The molecule has 1 aliphatic rings. The Balaban J connectivity index is 1.87. The quantitative estimate of drug-likeness (QED) is 0.589. The molecule has 0 aromatic carbocycles. The van der Waals surface area contributed by atoms with E-state index in [2.05, 4.69) is 25.7 Å². The van der Waals surface area contributed by atoms with Gasteiger partial charge in [0.15, 0.2) is 5.16 Å². The number of anilines is 1. The Hall–Kier alpha value is -1.81. The van der Waals surface area contributed by atoms with Gasteiger partial charge in [-0.2, -0.15) is 0 Å². The van der Waals surface area contributed by atoms with E-state index in [1.165, 1.54) is 11.8 Å². The van der Waals surface area contributed by atoms with Crippen molar-refractivity contribution in [2.24, 2.45) is 0 Å². The Morgan fingerprint density at radius 1 is 1.27 bits per heavy atom. The molecule has 0 unspecified atom stereocenters. The van der Waals surface area contributed by atoms with E-state index in [1.807, 2.05) is 18.4 Å². The number of ether oxygens (including phenoxy) is 1. The second kappa shape index (κ2) is 10.4. The number of morpholine rings is 1.